The molecule has 0 fully saturated rings. The van der Waals surface area contributed by atoms with E-state index in [1.807, 2.05) is 0 Å². The Morgan fingerprint density at radius 2 is 2.88 bits per heavy atom. The Morgan fingerprint density at radius 3 is 3.62 bits per heavy atom. The van der Waals surface area contributed by atoms with Gasteiger partial charge in [-0.05, 0) is 12.9 Å². The smallest absolute Gasteiger partial charge is 0.129 e. The molecule has 0 saturated carbocycles. The van der Waals surface area contributed by atoms with Crippen molar-refractivity contribution in [3.63, 3.8) is 0 Å². The van der Waals surface area contributed by atoms with Crippen LogP contribution in [0.3, 0.4) is 0 Å². The fraction of sp³-hybridized carbons (Fsp3) is 0.167. The second-order valence-electron chi connectivity index (χ2n) is 1.15. The summed E-state index contributed by atoms with van der Waals surface area (Å²) in [6.45, 7) is -2.82. The van der Waals surface area contributed by atoms with Crippen LogP contribution >= 0.6 is 0 Å². The number of nitrogens with zero attached hydrogens (tertiary/aromatic N) is 1. The molecule has 1 nitrogen and oxygen atoms in total. The average molecular weight is 117 g/mol. The van der Waals surface area contributed by atoms with Gasteiger partial charge in [-0.2, -0.15) is 0 Å². The molecule has 1 aromatic rings. The molecule has 0 bridgehead atoms. The van der Waals surface area contributed by atoms with E-state index in [0.29, 0.717) is 0 Å². The van der Waals surface area contributed by atoms with Crippen molar-refractivity contribution in [2.24, 2.45) is 0 Å². The topological polar surface area (TPSA) is 12.9 Å². The number of pyridine rings is 1. The van der Waals surface area contributed by atoms with E-state index in [2.05, 4.69) is 4.98 Å². The molecule has 1 aromatic heterocycles. The van der Waals surface area contributed by atoms with Crippen LogP contribution < -0.4 is 0 Å². The second kappa shape index (κ2) is 1.90. The molecule has 0 aliphatic heterocycles. The van der Waals surface area contributed by atoms with Crippen LogP contribution in [-0.4, -0.2) is 4.98 Å². The Hall–Kier alpha value is -0.920. The van der Waals surface area contributed by atoms with Crippen molar-refractivity contribution in [1.29, 1.82) is 0 Å². The van der Waals surface area contributed by atoms with Crippen molar-refractivity contribution in [3.8, 4) is 0 Å². The number of aromatic nitrogens is 1. The highest BCUT2D eigenvalue weighted by atomic mass is 19.1. The van der Waals surface area contributed by atoms with E-state index in [1.54, 1.807) is 0 Å². The fourth-order valence-electron chi connectivity index (χ4n) is 0.272. The third-order valence-electron chi connectivity index (χ3n) is 0.609. The van der Waals surface area contributed by atoms with Crippen molar-refractivity contribution in [2.75, 3.05) is 0 Å². The zero-order valence-electron chi connectivity index (χ0n) is 9.83. The molecule has 0 unspecified atom stereocenters. The van der Waals surface area contributed by atoms with Crippen LogP contribution in [-0.2, 0) is 0 Å². The Kier molecular flexibility index (Phi) is 0.364. The molecule has 0 amide bonds. The van der Waals surface area contributed by atoms with Gasteiger partial charge in [-0.1, -0.05) is 0 Å². The van der Waals surface area contributed by atoms with Crippen molar-refractivity contribution >= 4 is 0 Å². The highest BCUT2D eigenvalue weighted by molar-refractivity contribution is 5.08. The Morgan fingerprint density at radius 1 is 2.00 bits per heavy atom. The lowest BCUT2D eigenvalue weighted by Gasteiger charge is -1.88. The van der Waals surface area contributed by atoms with Crippen LogP contribution in [0, 0.1) is 12.7 Å². The summed E-state index contributed by atoms with van der Waals surface area (Å²) in [7, 11) is 0. The molecule has 1 heterocycles. The standard InChI is InChI=1S/C6H6FN/c1-5-4-8-3-2-6(5)7/h2-4H,1H3/i1D3,2D,3D,4D. The molecule has 0 spiro atoms. The number of halogens is 1. The van der Waals surface area contributed by atoms with Gasteiger partial charge in [0.1, 0.15) is 5.82 Å². The normalized spacial score (nSPS) is 21.6. The first-order valence-electron chi connectivity index (χ1n) is 4.89. The van der Waals surface area contributed by atoms with Crippen LogP contribution in [0.4, 0.5) is 4.39 Å². The van der Waals surface area contributed by atoms with Gasteiger partial charge >= 0.3 is 0 Å². The molecular formula is C6H6FN. The predicted molar refractivity (Wildman–Crippen MR) is 28.9 cm³/mol. The third-order valence-corrected chi connectivity index (χ3v) is 0.609. The summed E-state index contributed by atoms with van der Waals surface area (Å²) in [5.41, 5.74) is -0.904. The molecule has 2 heteroatoms. The molecule has 0 aliphatic carbocycles. The van der Waals surface area contributed by atoms with Gasteiger partial charge in [-0.25, -0.2) is 4.39 Å². The lowest BCUT2D eigenvalue weighted by molar-refractivity contribution is 0.616. The van der Waals surface area contributed by atoms with E-state index in [1.165, 1.54) is 0 Å². The molecule has 0 atom stereocenters. The van der Waals surface area contributed by atoms with Crippen LogP contribution in [0.5, 0.6) is 0 Å². The predicted octanol–water partition coefficient (Wildman–Crippen LogP) is 1.53. The first-order valence-corrected chi connectivity index (χ1v) is 1.89. The number of hydrogen-bond donors (Lipinski definition) is 0. The van der Waals surface area contributed by atoms with Gasteiger partial charge in [0, 0.05) is 22.0 Å². The molecule has 42 valence electrons. The van der Waals surface area contributed by atoms with Crippen molar-refractivity contribution in [1.82, 2.24) is 4.98 Å². The molecule has 0 radical (unpaired) electrons. The minimum absolute atomic E-state index is 0.736. The molecule has 0 aliphatic rings. The van der Waals surface area contributed by atoms with Crippen LogP contribution in [0.25, 0.3) is 0 Å². The van der Waals surface area contributed by atoms with Crippen LogP contribution in [0.1, 0.15) is 13.8 Å². The van der Waals surface area contributed by atoms with Crippen molar-refractivity contribution in [3.05, 3.63) is 29.8 Å². The summed E-state index contributed by atoms with van der Waals surface area (Å²) in [5.74, 6) is -1.37. The summed E-state index contributed by atoms with van der Waals surface area (Å²) in [5, 5.41) is 0. The SMILES string of the molecule is [2H]c1nc([2H])c(C([2H])([2H])[2H])c(F)c1[2H]. The lowest BCUT2D eigenvalue weighted by atomic mass is 10.3. The maximum atomic E-state index is 13.2. The first kappa shape index (κ1) is 1.53. The molecule has 0 saturated heterocycles. The van der Waals surface area contributed by atoms with Gasteiger partial charge in [-0.3, -0.25) is 4.98 Å². The highest BCUT2D eigenvalue weighted by Crippen LogP contribution is 1.99. The van der Waals surface area contributed by atoms with Gasteiger partial charge in [-0.15, -0.1) is 0 Å². The molecule has 8 heavy (non-hydrogen) atoms. The maximum Gasteiger partial charge on any atom is 0.129 e. The third kappa shape index (κ3) is 0.832. The average Bonchev–Trinajstić information content (AvgIpc) is 1.97. The maximum absolute atomic E-state index is 13.2. The van der Waals surface area contributed by atoms with Crippen molar-refractivity contribution in [2.45, 2.75) is 6.85 Å². The zero-order chi connectivity index (χ0) is 11.1. The van der Waals surface area contributed by atoms with Gasteiger partial charge < -0.3 is 0 Å². The van der Waals surface area contributed by atoms with E-state index in [9.17, 15) is 4.39 Å². The van der Waals surface area contributed by atoms with Gasteiger partial charge in [0.05, 0.1) is 4.11 Å². The highest BCUT2D eigenvalue weighted by Gasteiger charge is 1.89. The monoisotopic (exact) mass is 117 g/mol. The molecule has 1 rings (SSSR count). The van der Waals surface area contributed by atoms with Gasteiger partial charge in [0.2, 0.25) is 0 Å². The van der Waals surface area contributed by atoms with Crippen molar-refractivity contribution < 1.29 is 12.6 Å². The Balaban J connectivity index is 3.53. The largest absolute Gasteiger partial charge is 0.264 e. The lowest BCUT2D eigenvalue weighted by Crippen LogP contribution is -1.80. The quantitative estimate of drug-likeness (QED) is 0.502. The van der Waals surface area contributed by atoms with E-state index < -0.39 is 36.6 Å². The van der Waals surface area contributed by atoms with E-state index in [-0.39, 0.29) is 0 Å². The molecular weight excluding hydrogens is 105 g/mol. The summed E-state index contributed by atoms with van der Waals surface area (Å²) in [4.78, 5) is 3.15. The zero-order valence-corrected chi connectivity index (χ0v) is 3.83. The summed E-state index contributed by atoms with van der Waals surface area (Å²) in [6.07, 6.45) is -1.55. The van der Waals surface area contributed by atoms with E-state index in [4.69, 9.17) is 8.22 Å². The molecule has 0 aromatic carbocycles. The summed E-state index contributed by atoms with van der Waals surface area (Å²) in [6, 6.07) is -0.896. The first-order chi connectivity index (χ1) is 6.25. The minimum Gasteiger partial charge on any atom is -0.264 e. The van der Waals surface area contributed by atoms with E-state index >= 15 is 0 Å². The van der Waals surface area contributed by atoms with Crippen LogP contribution in [0.15, 0.2) is 18.4 Å². The second-order valence-corrected chi connectivity index (χ2v) is 1.15. The van der Waals surface area contributed by atoms with Gasteiger partial charge in [0.15, 0.2) is 0 Å². The fourth-order valence-corrected chi connectivity index (χ4v) is 0.272. The summed E-state index contributed by atoms with van der Waals surface area (Å²) >= 11 is 0. The minimum atomic E-state index is -2.82. The number of hydrogen-bond acceptors (Lipinski definition) is 1. The Bertz CT molecular complexity index is 374. The number of rotatable bonds is 0. The van der Waals surface area contributed by atoms with Crippen LogP contribution in [0.2, 0.25) is 0 Å². The molecule has 0 N–H and O–H groups in total. The van der Waals surface area contributed by atoms with Gasteiger partial charge in [0.25, 0.3) is 0 Å². The Labute approximate surface area is 55.6 Å². The van der Waals surface area contributed by atoms with E-state index in [0.717, 1.165) is 0 Å². The summed E-state index contributed by atoms with van der Waals surface area (Å²) < 4.78 is 55.0.